The van der Waals surface area contributed by atoms with E-state index in [1.807, 2.05) is 0 Å². The van der Waals surface area contributed by atoms with E-state index >= 15 is 0 Å². The van der Waals surface area contributed by atoms with Crippen molar-refractivity contribution in [2.24, 2.45) is 0 Å². The van der Waals surface area contributed by atoms with Crippen LogP contribution in [0.4, 0.5) is 5.69 Å². The minimum Gasteiger partial charge on any atom is -0.466 e. The summed E-state index contributed by atoms with van der Waals surface area (Å²) in [6.45, 7) is 0. The number of ether oxygens (including phenoxy) is 3. The first-order chi connectivity index (χ1) is 13.2. The van der Waals surface area contributed by atoms with Crippen molar-refractivity contribution in [3.05, 3.63) is 60.3 Å². The molecule has 0 saturated carbocycles. The molecule has 0 aromatic heterocycles. The van der Waals surface area contributed by atoms with Gasteiger partial charge in [0.2, 0.25) is 0 Å². The predicted molar refractivity (Wildman–Crippen MR) is 98.5 cm³/mol. The summed E-state index contributed by atoms with van der Waals surface area (Å²) < 4.78 is 47.0. The van der Waals surface area contributed by atoms with Crippen LogP contribution in [-0.4, -0.2) is 39.1 Å². The van der Waals surface area contributed by atoms with Gasteiger partial charge in [-0.1, -0.05) is 18.2 Å². The fourth-order valence-electron chi connectivity index (χ4n) is 2.05. The first-order valence-corrected chi connectivity index (χ1v) is 9.18. The maximum atomic E-state index is 11.9. The summed E-state index contributed by atoms with van der Waals surface area (Å²) in [4.78, 5) is 23.0. The fourth-order valence-corrected chi connectivity index (χ4v) is 2.56. The van der Waals surface area contributed by atoms with Crippen molar-refractivity contribution in [1.82, 2.24) is 0 Å². The van der Waals surface area contributed by atoms with Crippen molar-refractivity contribution in [3.63, 3.8) is 0 Å². The van der Waals surface area contributed by atoms with Gasteiger partial charge in [0.05, 0.1) is 30.9 Å². The molecule has 2 aromatic rings. The van der Waals surface area contributed by atoms with E-state index in [0.29, 0.717) is 5.75 Å². The highest BCUT2D eigenvalue weighted by Crippen LogP contribution is 2.32. The Morgan fingerprint density at radius 2 is 1.71 bits per heavy atom. The van der Waals surface area contributed by atoms with Crippen LogP contribution in [0.3, 0.4) is 0 Å². The molecule has 9 nitrogen and oxygen atoms in total. The molecule has 0 aliphatic carbocycles. The Labute approximate surface area is 161 Å². The minimum absolute atomic E-state index is 0.0143. The molecule has 0 saturated heterocycles. The van der Waals surface area contributed by atoms with Crippen LogP contribution in [0.25, 0.3) is 0 Å². The lowest BCUT2D eigenvalue weighted by Gasteiger charge is -2.15. The van der Waals surface area contributed by atoms with Gasteiger partial charge in [-0.3, -0.25) is 4.55 Å². The maximum absolute atomic E-state index is 11.9. The van der Waals surface area contributed by atoms with Crippen LogP contribution < -0.4 is 10.1 Å². The van der Waals surface area contributed by atoms with Crippen molar-refractivity contribution in [2.75, 3.05) is 19.5 Å². The molecule has 0 amide bonds. The molecule has 148 valence electrons. The number of methoxy groups -OCH3 is 2. The fraction of sp³-hybridized carbons (Fsp3) is 0.111. The van der Waals surface area contributed by atoms with E-state index in [0.717, 1.165) is 32.4 Å². The van der Waals surface area contributed by atoms with Gasteiger partial charge in [-0.25, -0.2) is 9.59 Å². The SMILES string of the molecule is COC(=O)/C=C(/Nc1cc(S(=O)(=O)O)ccc1Oc1ccccc1)C(=O)OC. The van der Waals surface area contributed by atoms with E-state index in [-0.39, 0.29) is 17.1 Å². The zero-order valence-electron chi connectivity index (χ0n) is 14.9. The van der Waals surface area contributed by atoms with Crippen LogP contribution in [0, 0.1) is 0 Å². The molecule has 2 N–H and O–H groups in total. The molecule has 0 fully saturated rings. The maximum Gasteiger partial charge on any atom is 0.354 e. The minimum atomic E-state index is -4.53. The van der Waals surface area contributed by atoms with Crippen LogP contribution in [-0.2, 0) is 29.2 Å². The molecule has 0 aliphatic rings. The average molecular weight is 407 g/mol. The van der Waals surface area contributed by atoms with Gasteiger partial charge >= 0.3 is 11.9 Å². The van der Waals surface area contributed by atoms with E-state index in [1.54, 1.807) is 30.3 Å². The summed E-state index contributed by atoms with van der Waals surface area (Å²) in [5.74, 6) is -1.20. The quantitative estimate of drug-likeness (QED) is 0.404. The van der Waals surface area contributed by atoms with Crippen molar-refractivity contribution >= 4 is 27.7 Å². The Balaban J connectivity index is 2.52. The van der Waals surface area contributed by atoms with Crippen molar-refractivity contribution in [2.45, 2.75) is 4.90 Å². The Kier molecular flexibility index (Phi) is 6.74. The number of anilines is 1. The summed E-state index contributed by atoms with van der Waals surface area (Å²) >= 11 is 0. The molecule has 0 spiro atoms. The van der Waals surface area contributed by atoms with Crippen molar-refractivity contribution < 1.29 is 36.8 Å². The number of para-hydroxylation sites is 1. The first-order valence-electron chi connectivity index (χ1n) is 7.74. The highest BCUT2D eigenvalue weighted by molar-refractivity contribution is 7.85. The van der Waals surface area contributed by atoms with Gasteiger partial charge < -0.3 is 19.5 Å². The molecule has 0 heterocycles. The molecular weight excluding hydrogens is 390 g/mol. The monoisotopic (exact) mass is 407 g/mol. The summed E-state index contributed by atoms with van der Waals surface area (Å²) in [7, 11) is -2.30. The number of esters is 2. The number of benzene rings is 2. The molecule has 0 unspecified atom stereocenters. The van der Waals surface area contributed by atoms with Gasteiger partial charge in [-0.05, 0) is 30.3 Å². The number of carbonyl (C=O) groups is 2. The van der Waals surface area contributed by atoms with Crippen molar-refractivity contribution in [1.29, 1.82) is 0 Å². The van der Waals surface area contributed by atoms with Crippen LogP contribution >= 0.6 is 0 Å². The molecule has 0 aliphatic heterocycles. The number of carbonyl (C=O) groups excluding carboxylic acids is 2. The van der Waals surface area contributed by atoms with Crippen LogP contribution in [0.5, 0.6) is 11.5 Å². The van der Waals surface area contributed by atoms with Gasteiger partial charge in [0.25, 0.3) is 10.1 Å². The van der Waals surface area contributed by atoms with Crippen molar-refractivity contribution in [3.8, 4) is 11.5 Å². The van der Waals surface area contributed by atoms with Gasteiger partial charge in [0.15, 0.2) is 5.75 Å². The largest absolute Gasteiger partial charge is 0.466 e. The smallest absolute Gasteiger partial charge is 0.354 e. The third-order valence-corrected chi connectivity index (χ3v) is 4.21. The average Bonchev–Trinajstić information content (AvgIpc) is 2.67. The van der Waals surface area contributed by atoms with Crippen LogP contribution in [0.1, 0.15) is 0 Å². The first kappa shape index (κ1) is 20.9. The lowest BCUT2D eigenvalue weighted by Crippen LogP contribution is -2.16. The van der Waals surface area contributed by atoms with E-state index in [2.05, 4.69) is 14.8 Å². The zero-order chi connectivity index (χ0) is 20.7. The van der Waals surface area contributed by atoms with Gasteiger partial charge in [-0.15, -0.1) is 0 Å². The molecule has 0 radical (unpaired) electrons. The summed E-state index contributed by atoms with van der Waals surface area (Å²) in [6, 6.07) is 12.0. The van der Waals surface area contributed by atoms with E-state index in [9.17, 15) is 22.6 Å². The van der Waals surface area contributed by atoms with Gasteiger partial charge in [0.1, 0.15) is 11.4 Å². The third-order valence-electron chi connectivity index (χ3n) is 3.36. The number of rotatable bonds is 7. The third kappa shape index (κ3) is 5.56. The highest BCUT2D eigenvalue weighted by Gasteiger charge is 2.19. The van der Waals surface area contributed by atoms with E-state index in [1.165, 1.54) is 6.07 Å². The Morgan fingerprint density at radius 3 is 2.29 bits per heavy atom. The molecule has 0 bridgehead atoms. The van der Waals surface area contributed by atoms with Crippen LogP contribution in [0.15, 0.2) is 65.2 Å². The second-order valence-electron chi connectivity index (χ2n) is 5.25. The predicted octanol–water partition coefficient (Wildman–Crippen LogP) is 2.37. The lowest BCUT2D eigenvalue weighted by atomic mass is 10.2. The number of hydrogen-bond acceptors (Lipinski definition) is 8. The normalized spacial score (nSPS) is 11.5. The zero-order valence-corrected chi connectivity index (χ0v) is 15.7. The summed E-state index contributed by atoms with van der Waals surface area (Å²) in [6.07, 6.45) is 0.832. The number of hydrogen-bond donors (Lipinski definition) is 2. The molecule has 10 heteroatoms. The second kappa shape index (κ2) is 9.02. The standard InChI is InChI=1S/C18H17NO8S/c1-25-17(20)11-15(18(21)26-2)19-14-10-13(28(22,23)24)8-9-16(14)27-12-6-4-3-5-7-12/h3-11,19H,1-2H3,(H,22,23,24)/b15-11+. The van der Waals surface area contributed by atoms with E-state index in [4.69, 9.17) is 4.74 Å². The van der Waals surface area contributed by atoms with Crippen LogP contribution in [0.2, 0.25) is 0 Å². The molecular formula is C18H17NO8S. The summed E-state index contributed by atoms with van der Waals surface area (Å²) in [5, 5.41) is 2.58. The molecule has 0 atom stereocenters. The second-order valence-corrected chi connectivity index (χ2v) is 6.67. The Morgan fingerprint density at radius 1 is 1.04 bits per heavy atom. The molecule has 28 heavy (non-hydrogen) atoms. The highest BCUT2D eigenvalue weighted by atomic mass is 32.2. The summed E-state index contributed by atoms with van der Waals surface area (Å²) in [5.41, 5.74) is -0.348. The molecule has 2 aromatic carbocycles. The molecule has 2 rings (SSSR count). The Bertz CT molecular complexity index is 1000. The van der Waals surface area contributed by atoms with Gasteiger partial charge in [-0.2, -0.15) is 8.42 Å². The lowest BCUT2D eigenvalue weighted by molar-refractivity contribution is -0.138. The van der Waals surface area contributed by atoms with Gasteiger partial charge in [0, 0.05) is 0 Å². The topological polar surface area (TPSA) is 128 Å². The Hall–Kier alpha value is -3.37. The number of nitrogens with one attached hydrogen (secondary N) is 1. The van der Waals surface area contributed by atoms with E-state index < -0.39 is 27.0 Å².